The Bertz CT molecular complexity index is 55.8. The number of aliphatic imine (C=N–C) groups is 1. The summed E-state index contributed by atoms with van der Waals surface area (Å²) in [6, 6.07) is 0. The summed E-state index contributed by atoms with van der Waals surface area (Å²) >= 11 is 1.72. The van der Waals surface area contributed by atoms with Crippen LogP contribution in [0.1, 0.15) is 6.92 Å². The Morgan fingerprint density at radius 1 is 2.00 bits per heavy atom. The molecule has 2 N–H and O–H groups in total. The topological polar surface area (TPSA) is 38.4 Å². The van der Waals surface area contributed by atoms with Crippen molar-refractivity contribution >= 4 is 26.2 Å². The predicted molar refractivity (Wildman–Crippen MR) is 27.9 cm³/mol. The van der Waals surface area contributed by atoms with Crippen LogP contribution in [0.2, 0.25) is 0 Å². The van der Waals surface area contributed by atoms with Crippen molar-refractivity contribution in [1.29, 1.82) is 0 Å². The first kappa shape index (κ1) is 6.26. The van der Waals surface area contributed by atoms with Crippen molar-refractivity contribution in [3.63, 3.8) is 0 Å². The molecular weight excluding hydrogens is 192 g/mol. The molecule has 0 rings (SSSR count). The van der Waals surface area contributed by atoms with Gasteiger partial charge in [-0.25, -0.2) is 0 Å². The first-order chi connectivity index (χ1) is 2.77. The first-order valence-corrected chi connectivity index (χ1v) is 2.90. The van der Waals surface area contributed by atoms with E-state index in [1.165, 1.54) is 0 Å². The van der Waals surface area contributed by atoms with Gasteiger partial charge in [0.05, 0.1) is 0 Å². The number of nitrogens with zero attached hydrogens (tertiary/aromatic N) is 1. The third kappa shape index (κ3) is 4.26. The molecule has 0 heterocycles. The second-order valence-corrected chi connectivity index (χ2v) is 2.01. The van der Waals surface area contributed by atoms with Crippen LogP contribution in [0, 0.1) is 0 Å². The van der Waals surface area contributed by atoms with Gasteiger partial charge in [0.25, 0.3) is 0 Å². The summed E-state index contributed by atoms with van der Waals surface area (Å²) in [7, 11) is 0. The molecule has 35 valence electrons. The summed E-state index contributed by atoms with van der Waals surface area (Å²) in [5, 5.41) is 0. The van der Waals surface area contributed by atoms with Gasteiger partial charge in [-0.05, 0) is 0 Å². The molecule has 2 nitrogen and oxygen atoms in total. The number of hydrogen-bond donors (Lipinski definition) is 1. The normalized spacial score (nSPS) is 11.8. The van der Waals surface area contributed by atoms with Crippen molar-refractivity contribution in [2.75, 3.05) is 6.54 Å². The predicted octanol–water partition coefficient (Wildman–Crippen LogP) is -0.510. The molecule has 6 heavy (non-hydrogen) atoms. The van der Waals surface area contributed by atoms with Crippen LogP contribution in [0.3, 0.4) is 0 Å². The van der Waals surface area contributed by atoms with Gasteiger partial charge in [0.15, 0.2) is 0 Å². The zero-order chi connectivity index (χ0) is 4.99. The van der Waals surface area contributed by atoms with Crippen molar-refractivity contribution in [3.05, 3.63) is 0 Å². The summed E-state index contributed by atoms with van der Waals surface area (Å²) < 4.78 is 0.674. The summed E-state index contributed by atoms with van der Waals surface area (Å²) in [6.45, 7) is 2.75. The molecule has 1 radical (unpaired) electrons. The Balaban J connectivity index is 3.14. The van der Waals surface area contributed by atoms with Crippen molar-refractivity contribution in [3.8, 4) is 0 Å². The Kier molecular flexibility index (Phi) is 3.60. The molecule has 0 atom stereocenters. The molecule has 0 unspecified atom stereocenters. The van der Waals surface area contributed by atoms with E-state index >= 15 is 0 Å². The van der Waals surface area contributed by atoms with E-state index in [9.17, 15) is 0 Å². The van der Waals surface area contributed by atoms with E-state index in [1.54, 1.807) is 22.3 Å². The van der Waals surface area contributed by atoms with Crippen LogP contribution in [-0.4, -0.2) is 32.7 Å². The summed E-state index contributed by atoms with van der Waals surface area (Å²) in [6.07, 6.45) is 0. The van der Waals surface area contributed by atoms with Crippen LogP contribution in [-0.2, 0) is 0 Å². The van der Waals surface area contributed by atoms with E-state index in [0.717, 1.165) is 6.54 Å². The van der Waals surface area contributed by atoms with E-state index in [0.29, 0.717) is 3.88 Å². The molecular formula is C3H7N2Te. The third-order valence-corrected chi connectivity index (χ3v) is 0.682. The average Bonchev–Trinajstić information content (AvgIpc) is 1.35. The Morgan fingerprint density at radius 2 is 2.50 bits per heavy atom. The molecule has 0 aromatic heterocycles. The zero-order valence-corrected chi connectivity index (χ0v) is 5.97. The van der Waals surface area contributed by atoms with Crippen LogP contribution in [0.5, 0.6) is 0 Å². The van der Waals surface area contributed by atoms with Gasteiger partial charge in [0, 0.05) is 0 Å². The minimum absolute atomic E-state index is 0.674. The SMILES string of the molecule is CCN=C(N)[Te]. The van der Waals surface area contributed by atoms with Crippen molar-refractivity contribution < 1.29 is 0 Å². The maximum atomic E-state index is 5.16. The van der Waals surface area contributed by atoms with Crippen molar-refractivity contribution in [2.24, 2.45) is 10.7 Å². The van der Waals surface area contributed by atoms with Gasteiger partial charge in [0.1, 0.15) is 0 Å². The molecule has 0 aromatic rings. The summed E-state index contributed by atoms with van der Waals surface area (Å²) in [5.74, 6) is 0. The van der Waals surface area contributed by atoms with Gasteiger partial charge in [0.2, 0.25) is 0 Å². The number of amidine groups is 1. The molecule has 0 bridgehead atoms. The zero-order valence-electron chi connectivity index (χ0n) is 3.64. The fourth-order valence-electron chi connectivity index (χ4n) is 0.156. The minimum atomic E-state index is 0.674. The van der Waals surface area contributed by atoms with Crippen LogP contribution >= 0.6 is 0 Å². The number of rotatable bonds is 1. The van der Waals surface area contributed by atoms with E-state index in [-0.39, 0.29) is 0 Å². The van der Waals surface area contributed by atoms with Gasteiger partial charge >= 0.3 is 50.4 Å². The summed E-state index contributed by atoms with van der Waals surface area (Å²) in [4.78, 5) is 3.82. The van der Waals surface area contributed by atoms with Crippen molar-refractivity contribution in [1.82, 2.24) is 0 Å². The van der Waals surface area contributed by atoms with Gasteiger partial charge in [-0.3, -0.25) is 0 Å². The van der Waals surface area contributed by atoms with E-state index in [2.05, 4.69) is 4.99 Å². The molecule has 0 saturated carbocycles. The van der Waals surface area contributed by atoms with Gasteiger partial charge in [-0.2, -0.15) is 0 Å². The Morgan fingerprint density at radius 3 is 2.50 bits per heavy atom. The molecule has 0 aliphatic heterocycles. The van der Waals surface area contributed by atoms with Gasteiger partial charge < -0.3 is 0 Å². The summed E-state index contributed by atoms with van der Waals surface area (Å²) in [5.41, 5.74) is 5.16. The average molecular weight is 199 g/mol. The van der Waals surface area contributed by atoms with E-state index in [1.807, 2.05) is 6.92 Å². The third-order valence-electron chi connectivity index (χ3n) is 0.314. The molecule has 0 fully saturated rings. The molecule has 0 amide bonds. The first-order valence-electron chi connectivity index (χ1n) is 1.74. The van der Waals surface area contributed by atoms with Crippen LogP contribution in [0.4, 0.5) is 0 Å². The fraction of sp³-hybridized carbons (Fsp3) is 0.667. The monoisotopic (exact) mass is 201 g/mol. The number of nitrogens with two attached hydrogens (primary N) is 1. The quantitative estimate of drug-likeness (QED) is 0.344. The van der Waals surface area contributed by atoms with E-state index < -0.39 is 0 Å². The second kappa shape index (κ2) is 3.45. The Hall–Kier alpha value is 0.260. The second-order valence-electron chi connectivity index (χ2n) is 0.813. The maximum absolute atomic E-state index is 5.16. The molecule has 0 spiro atoms. The van der Waals surface area contributed by atoms with Gasteiger partial charge in [-0.1, -0.05) is 0 Å². The van der Waals surface area contributed by atoms with Crippen LogP contribution < -0.4 is 5.73 Å². The van der Waals surface area contributed by atoms with Crippen molar-refractivity contribution in [2.45, 2.75) is 6.92 Å². The molecule has 0 aromatic carbocycles. The Labute approximate surface area is 50.7 Å². The van der Waals surface area contributed by atoms with E-state index in [4.69, 9.17) is 5.73 Å². The number of hydrogen-bond acceptors (Lipinski definition) is 1. The standard InChI is InChI=1S/C3H7N2Te/c1-2-5-3(4)6/h2H2,1H3,(H2,4,5). The molecule has 0 aliphatic carbocycles. The fourth-order valence-corrected chi connectivity index (χ4v) is 0.524. The van der Waals surface area contributed by atoms with Crippen LogP contribution in [0.25, 0.3) is 0 Å². The molecule has 0 saturated heterocycles. The van der Waals surface area contributed by atoms with Gasteiger partial charge in [-0.15, -0.1) is 0 Å². The molecule has 3 heteroatoms. The molecule has 0 aliphatic rings. The van der Waals surface area contributed by atoms with Crippen LogP contribution in [0.15, 0.2) is 4.99 Å².